The van der Waals surface area contributed by atoms with E-state index in [2.05, 4.69) is 39.6 Å². The lowest BCUT2D eigenvalue weighted by molar-refractivity contribution is -0.121. The summed E-state index contributed by atoms with van der Waals surface area (Å²) in [5.41, 5.74) is 3.85. The predicted molar refractivity (Wildman–Crippen MR) is 91.6 cm³/mol. The Morgan fingerprint density at radius 3 is 3.00 bits per heavy atom. The normalized spacial score (nSPS) is 13.7. The molecular weight excluding hydrogens is 288 g/mol. The van der Waals surface area contributed by atoms with Crippen LogP contribution in [-0.4, -0.2) is 35.3 Å². The first-order valence-corrected chi connectivity index (χ1v) is 8.31. The number of hydrogen-bond acceptors (Lipinski definition) is 3. The van der Waals surface area contributed by atoms with E-state index in [1.54, 1.807) is 0 Å². The van der Waals surface area contributed by atoms with Gasteiger partial charge in [-0.15, -0.1) is 0 Å². The Labute approximate surface area is 137 Å². The lowest BCUT2D eigenvalue weighted by atomic mass is 10.0. The van der Waals surface area contributed by atoms with Crippen LogP contribution >= 0.6 is 0 Å². The molecule has 23 heavy (non-hydrogen) atoms. The summed E-state index contributed by atoms with van der Waals surface area (Å²) in [5, 5.41) is 7.21. The van der Waals surface area contributed by atoms with Gasteiger partial charge in [0.2, 0.25) is 5.91 Å². The Morgan fingerprint density at radius 2 is 2.17 bits per heavy atom. The Bertz CT molecular complexity index is 665. The van der Waals surface area contributed by atoms with Crippen molar-refractivity contribution in [3.05, 3.63) is 47.8 Å². The quantitative estimate of drug-likeness (QED) is 0.889. The van der Waals surface area contributed by atoms with Crippen LogP contribution in [0, 0.1) is 6.92 Å². The average Bonchev–Trinajstić information content (AvgIpc) is 2.99. The molecule has 0 fully saturated rings. The summed E-state index contributed by atoms with van der Waals surface area (Å²) in [5.74, 6) is 0.0865. The van der Waals surface area contributed by atoms with Crippen LogP contribution in [0.15, 0.2) is 36.7 Å². The lowest BCUT2D eigenvalue weighted by Gasteiger charge is -2.31. The third kappa shape index (κ3) is 4.12. The molecular formula is C18H24N4O. The zero-order valence-electron chi connectivity index (χ0n) is 13.7. The number of hydrogen-bond donors (Lipinski definition) is 1. The molecule has 1 aliphatic heterocycles. The van der Waals surface area contributed by atoms with Crippen LogP contribution in [0.2, 0.25) is 0 Å². The number of nitrogens with one attached hydrogen (secondary N) is 1. The van der Waals surface area contributed by atoms with E-state index in [1.165, 1.54) is 17.7 Å². The lowest BCUT2D eigenvalue weighted by Crippen LogP contribution is -2.37. The number of carbonyl (C=O) groups is 1. The molecule has 1 aromatic carbocycles. The molecule has 0 spiro atoms. The highest BCUT2D eigenvalue weighted by atomic mass is 16.1. The van der Waals surface area contributed by atoms with E-state index in [0.29, 0.717) is 19.5 Å². The average molecular weight is 312 g/mol. The molecule has 0 atom stereocenters. The van der Waals surface area contributed by atoms with E-state index in [4.69, 9.17) is 0 Å². The van der Waals surface area contributed by atoms with Crippen LogP contribution in [0.25, 0.3) is 0 Å². The van der Waals surface area contributed by atoms with Gasteiger partial charge in [0.25, 0.3) is 0 Å². The summed E-state index contributed by atoms with van der Waals surface area (Å²) in [4.78, 5) is 14.3. The third-order valence-corrected chi connectivity index (χ3v) is 4.24. The molecule has 1 amide bonds. The molecule has 0 aliphatic carbocycles. The van der Waals surface area contributed by atoms with Crippen molar-refractivity contribution in [2.24, 2.45) is 0 Å². The second kappa shape index (κ2) is 7.31. The minimum atomic E-state index is 0.0865. The van der Waals surface area contributed by atoms with E-state index >= 15 is 0 Å². The van der Waals surface area contributed by atoms with Crippen molar-refractivity contribution in [1.82, 2.24) is 15.1 Å². The van der Waals surface area contributed by atoms with Crippen molar-refractivity contribution in [2.75, 3.05) is 24.5 Å². The minimum absolute atomic E-state index is 0.0865. The molecule has 2 aromatic rings. The molecule has 0 radical (unpaired) electrons. The second-order valence-corrected chi connectivity index (χ2v) is 6.10. The predicted octanol–water partition coefficient (Wildman–Crippen LogP) is 2.15. The number of carbonyl (C=O) groups excluding carboxylic acids is 1. The first-order valence-electron chi connectivity index (χ1n) is 8.31. The fourth-order valence-corrected chi connectivity index (χ4v) is 3.07. The Morgan fingerprint density at radius 1 is 1.30 bits per heavy atom. The zero-order valence-corrected chi connectivity index (χ0v) is 13.7. The van der Waals surface area contributed by atoms with Gasteiger partial charge in [0.15, 0.2) is 0 Å². The van der Waals surface area contributed by atoms with Crippen molar-refractivity contribution in [1.29, 1.82) is 0 Å². The largest absolute Gasteiger partial charge is 0.370 e. The number of fused-ring (bicyclic) bond motifs is 1. The Hall–Kier alpha value is -2.30. The maximum absolute atomic E-state index is 11.9. The molecule has 5 heteroatoms. The van der Waals surface area contributed by atoms with E-state index in [9.17, 15) is 4.79 Å². The highest BCUT2D eigenvalue weighted by molar-refractivity contribution is 5.75. The highest BCUT2D eigenvalue weighted by Gasteiger charge is 2.15. The van der Waals surface area contributed by atoms with E-state index in [0.717, 1.165) is 25.1 Å². The maximum Gasteiger partial charge on any atom is 0.221 e. The topological polar surface area (TPSA) is 50.2 Å². The van der Waals surface area contributed by atoms with Gasteiger partial charge in [-0.05, 0) is 37.0 Å². The number of aromatic nitrogens is 2. The van der Waals surface area contributed by atoms with Gasteiger partial charge >= 0.3 is 0 Å². The molecule has 3 rings (SSSR count). The second-order valence-electron chi connectivity index (χ2n) is 6.10. The zero-order chi connectivity index (χ0) is 16.1. The molecule has 2 heterocycles. The summed E-state index contributed by atoms with van der Waals surface area (Å²) in [6.45, 7) is 5.25. The molecule has 1 aliphatic rings. The summed E-state index contributed by atoms with van der Waals surface area (Å²) in [7, 11) is 0. The fraction of sp³-hybridized carbons (Fsp3) is 0.444. The van der Waals surface area contributed by atoms with Crippen molar-refractivity contribution < 1.29 is 4.79 Å². The summed E-state index contributed by atoms with van der Waals surface area (Å²) >= 11 is 0. The van der Waals surface area contributed by atoms with Crippen molar-refractivity contribution in [3.8, 4) is 0 Å². The van der Waals surface area contributed by atoms with E-state index < -0.39 is 0 Å². The monoisotopic (exact) mass is 312 g/mol. The molecule has 1 aromatic heterocycles. The first kappa shape index (κ1) is 15.6. The number of aryl methyl sites for hydroxylation is 3. The summed E-state index contributed by atoms with van der Waals surface area (Å²) in [6.07, 6.45) is 6.58. The number of anilines is 1. The van der Waals surface area contributed by atoms with Crippen LogP contribution in [0.4, 0.5) is 5.69 Å². The fourth-order valence-electron chi connectivity index (χ4n) is 3.07. The van der Waals surface area contributed by atoms with Crippen molar-refractivity contribution >= 4 is 11.6 Å². The molecule has 5 nitrogen and oxygen atoms in total. The Balaban J connectivity index is 1.42. The van der Waals surface area contributed by atoms with Crippen LogP contribution in [-0.2, 0) is 17.8 Å². The van der Waals surface area contributed by atoms with Gasteiger partial charge in [0.1, 0.15) is 0 Å². The van der Waals surface area contributed by atoms with Gasteiger partial charge in [-0.2, -0.15) is 5.10 Å². The minimum Gasteiger partial charge on any atom is -0.370 e. The number of para-hydroxylation sites is 1. The van der Waals surface area contributed by atoms with Gasteiger partial charge < -0.3 is 10.2 Å². The molecule has 0 saturated heterocycles. The number of benzene rings is 1. The van der Waals surface area contributed by atoms with Gasteiger partial charge in [-0.1, -0.05) is 18.2 Å². The van der Waals surface area contributed by atoms with E-state index in [1.807, 2.05) is 24.0 Å². The standard InChI is InChI=1S/C18H24N4O/c1-15-13-20-22(14-15)11-8-18(23)19-9-12-21-10-4-6-16-5-2-3-7-17(16)21/h2-3,5,7,13-14H,4,6,8-12H2,1H3,(H,19,23). The smallest absolute Gasteiger partial charge is 0.221 e. The number of nitrogens with zero attached hydrogens (tertiary/aromatic N) is 3. The maximum atomic E-state index is 11.9. The van der Waals surface area contributed by atoms with Crippen LogP contribution < -0.4 is 10.2 Å². The van der Waals surface area contributed by atoms with Gasteiger partial charge in [-0.3, -0.25) is 9.48 Å². The van der Waals surface area contributed by atoms with Crippen LogP contribution in [0.3, 0.4) is 0 Å². The SMILES string of the molecule is Cc1cnn(CCC(=O)NCCN2CCCc3ccccc32)c1. The molecule has 0 bridgehead atoms. The molecule has 0 saturated carbocycles. The molecule has 122 valence electrons. The van der Waals surface area contributed by atoms with Crippen molar-refractivity contribution in [3.63, 3.8) is 0 Å². The van der Waals surface area contributed by atoms with Crippen molar-refractivity contribution in [2.45, 2.75) is 32.7 Å². The Kier molecular flexibility index (Phi) is 4.95. The first-order chi connectivity index (χ1) is 11.2. The molecule has 0 unspecified atom stereocenters. The molecule has 1 N–H and O–H groups in total. The summed E-state index contributed by atoms with van der Waals surface area (Å²) < 4.78 is 1.82. The summed E-state index contributed by atoms with van der Waals surface area (Å²) in [6, 6.07) is 8.56. The number of rotatable bonds is 6. The van der Waals surface area contributed by atoms with Crippen LogP contribution in [0.5, 0.6) is 0 Å². The van der Waals surface area contributed by atoms with Crippen LogP contribution in [0.1, 0.15) is 24.0 Å². The van der Waals surface area contributed by atoms with Gasteiger partial charge in [-0.25, -0.2) is 0 Å². The highest BCUT2D eigenvalue weighted by Crippen LogP contribution is 2.25. The van der Waals surface area contributed by atoms with Gasteiger partial charge in [0, 0.05) is 44.5 Å². The van der Waals surface area contributed by atoms with Gasteiger partial charge in [0.05, 0.1) is 6.20 Å². The third-order valence-electron chi connectivity index (χ3n) is 4.24. The number of amides is 1. The van der Waals surface area contributed by atoms with E-state index in [-0.39, 0.29) is 5.91 Å².